The number of H-pyrrole nitrogens is 1. The molecule has 0 radical (unpaired) electrons. The summed E-state index contributed by atoms with van der Waals surface area (Å²) in [4.78, 5) is 41.9. The molecule has 1 aromatic heterocycles. The molecule has 5 rings (SSSR count). The van der Waals surface area contributed by atoms with E-state index in [1.54, 1.807) is 13.2 Å². The third-order valence-corrected chi connectivity index (χ3v) is 7.77. The number of rotatable bonds is 7. The van der Waals surface area contributed by atoms with Gasteiger partial charge in [0.2, 0.25) is 11.8 Å². The molecule has 2 aliphatic carbocycles. The molecular formula is C25H29N5O4. The fourth-order valence-corrected chi connectivity index (χ4v) is 5.66. The van der Waals surface area contributed by atoms with E-state index < -0.39 is 11.6 Å². The average molecular weight is 464 g/mol. The van der Waals surface area contributed by atoms with E-state index in [1.165, 1.54) is 0 Å². The normalized spacial score (nSPS) is 28.6. The van der Waals surface area contributed by atoms with Crippen LogP contribution in [0.4, 0.5) is 0 Å². The van der Waals surface area contributed by atoms with Gasteiger partial charge in [-0.05, 0) is 42.9 Å². The van der Waals surface area contributed by atoms with Gasteiger partial charge in [0.25, 0.3) is 5.91 Å². The van der Waals surface area contributed by atoms with Gasteiger partial charge >= 0.3 is 0 Å². The molecule has 1 unspecified atom stereocenters. The van der Waals surface area contributed by atoms with Gasteiger partial charge < -0.3 is 25.7 Å². The van der Waals surface area contributed by atoms with Crippen LogP contribution in [0.5, 0.6) is 5.75 Å². The van der Waals surface area contributed by atoms with Crippen LogP contribution in [0.25, 0.3) is 10.9 Å². The quantitative estimate of drug-likeness (QED) is 0.497. The number of carbonyl (C=O) groups is 3. The molecule has 34 heavy (non-hydrogen) atoms. The highest BCUT2D eigenvalue weighted by molar-refractivity contribution is 6.01. The molecular weight excluding hydrogens is 434 g/mol. The smallest absolute Gasteiger partial charge is 0.268 e. The van der Waals surface area contributed by atoms with Gasteiger partial charge in [-0.25, -0.2) is 0 Å². The number of nitriles is 1. The molecule has 178 valence electrons. The lowest BCUT2D eigenvalue weighted by Crippen LogP contribution is -2.57. The van der Waals surface area contributed by atoms with Gasteiger partial charge in [-0.1, -0.05) is 25.8 Å². The lowest BCUT2D eigenvalue weighted by Gasteiger charge is -2.31. The molecule has 2 heterocycles. The van der Waals surface area contributed by atoms with Crippen molar-refractivity contribution in [2.24, 2.45) is 23.7 Å². The minimum absolute atomic E-state index is 0.0280. The number of amides is 3. The van der Waals surface area contributed by atoms with Crippen LogP contribution in [0, 0.1) is 35.0 Å². The van der Waals surface area contributed by atoms with Gasteiger partial charge in [-0.2, -0.15) is 5.26 Å². The van der Waals surface area contributed by atoms with Crippen LogP contribution in [-0.2, 0) is 9.59 Å². The second-order valence-electron chi connectivity index (χ2n) is 9.91. The highest BCUT2D eigenvalue weighted by Gasteiger charge is 2.57. The molecule has 0 bridgehead atoms. The molecule has 5 atom stereocenters. The predicted molar refractivity (Wildman–Crippen MR) is 124 cm³/mol. The first kappa shape index (κ1) is 22.3. The van der Waals surface area contributed by atoms with E-state index in [1.807, 2.05) is 25.1 Å². The van der Waals surface area contributed by atoms with E-state index >= 15 is 0 Å². The molecule has 3 amide bonds. The van der Waals surface area contributed by atoms with Crippen molar-refractivity contribution in [3.63, 3.8) is 0 Å². The molecule has 2 saturated carbocycles. The Balaban J connectivity index is 1.34. The molecule has 1 aromatic carbocycles. The van der Waals surface area contributed by atoms with Crippen molar-refractivity contribution in [3.8, 4) is 11.8 Å². The standard InChI is InChI=1S/C25H29N5O4/c1-13-21-15(11-27-24(21)33)10-25(13,12-26)30-23(32)18(8-14-6-7-14)29-22(31)19-9-16-17(28-19)4-3-5-20(16)34-2/h3-5,9,13-15,18,21,28H,6-8,10-11H2,1-2H3,(H,27,33)(H,29,31)(H,30,32)/t13?,15-,18-,21+,25+/m0/s1. The maximum Gasteiger partial charge on any atom is 0.268 e. The van der Waals surface area contributed by atoms with Crippen LogP contribution in [-0.4, -0.2) is 47.9 Å². The summed E-state index contributed by atoms with van der Waals surface area (Å²) in [5, 5.41) is 19.5. The van der Waals surface area contributed by atoms with Crippen molar-refractivity contribution < 1.29 is 19.1 Å². The number of hydrogen-bond acceptors (Lipinski definition) is 5. The van der Waals surface area contributed by atoms with E-state index in [0.29, 0.717) is 36.7 Å². The molecule has 4 N–H and O–H groups in total. The number of fused-ring (bicyclic) bond motifs is 2. The van der Waals surface area contributed by atoms with E-state index in [0.717, 1.165) is 23.7 Å². The molecule has 2 aromatic rings. The maximum atomic E-state index is 13.4. The predicted octanol–water partition coefficient (Wildman–Crippen LogP) is 1.86. The molecule has 3 aliphatic rings. The number of methoxy groups -OCH3 is 1. The van der Waals surface area contributed by atoms with Crippen molar-refractivity contribution in [1.82, 2.24) is 20.9 Å². The Morgan fingerprint density at radius 2 is 2.15 bits per heavy atom. The second kappa shape index (κ2) is 8.35. The van der Waals surface area contributed by atoms with Gasteiger partial charge in [-0.3, -0.25) is 14.4 Å². The summed E-state index contributed by atoms with van der Waals surface area (Å²) in [7, 11) is 1.57. The topological polar surface area (TPSA) is 136 Å². The zero-order valence-electron chi connectivity index (χ0n) is 19.3. The Hall–Kier alpha value is -3.54. The number of aromatic nitrogens is 1. The summed E-state index contributed by atoms with van der Waals surface area (Å²) in [5.74, 6) is -0.348. The molecule has 1 saturated heterocycles. The first-order valence-electron chi connectivity index (χ1n) is 11.8. The minimum Gasteiger partial charge on any atom is -0.496 e. The number of hydrogen-bond donors (Lipinski definition) is 4. The lowest BCUT2D eigenvalue weighted by molar-refractivity contribution is -0.127. The van der Waals surface area contributed by atoms with E-state index in [9.17, 15) is 19.6 Å². The van der Waals surface area contributed by atoms with Crippen LogP contribution >= 0.6 is 0 Å². The summed E-state index contributed by atoms with van der Waals surface area (Å²) in [6.07, 6.45) is 2.98. The maximum absolute atomic E-state index is 13.4. The zero-order valence-corrected chi connectivity index (χ0v) is 19.3. The molecule has 9 heteroatoms. The number of nitrogens with one attached hydrogen (secondary N) is 4. The van der Waals surface area contributed by atoms with Crippen molar-refractivity contribution in [2.45, 2.75) is 44.2 Å². The zero-order chi connectivity index (χ0) is 24.0. The van der Waals surface area contributed by atoms with Crippen molar-refractivity contribution >= 4 is 28.6 Å². The average Bonchev–Trinajstić information content (AvgIpc) is 3.30. The fraction of sp³-hybridized carbons (Fsp3) is 0.520. The van der Waals surface area contributed by atoms with Crippen molar-refractivity contribution in [2.75, 3.05) is 13.7 Å². The number of benzene rings is 1. The van der Waals surface area contributed by atoms with E-state index in [2.05, 4.69) is 27.0 Å². The summed E-state index contributed by atoms with van der Waals surface area (Å²) < 4.78 is 5.37. The van der Waals surface area contributed by atoms with Gasteiger partial charge in [-0.15, -0.1) is 0 Å². The number of aromatic amines is 1. The van der Waals surface area contributed by atoms with Crippen molar-refractivity contribution in [1.29, 1.82) is 5.26 Å². The van der Waals surface area contributed by atoms with Crippen LogP contribution in [0.1, 0.15) is 43.1 Å². The highest BCUT2D eigenvalue weighted by Crippen LogP contribution is 2.46. The summed E-state index contributed by atoms with van der Waals surface area (Å²) in [6, 6.07) is 8.76. The van der Waals surface area contributed by atoms with Gasteiger partial charge in [0.15, 0.2) is 0 Å². The molecule has 1 aliphatic heterocycles. The largest absolute Gasteiger partial charge is 0.496 e. The summed E-state index contributed by atoms with van der Waals surface area (Å²) in [6.45, 7) is 2.38. The van der Waals surface area contributed by atoms with E-state index in [4.69, 9.17) is 4.74 Å². The monoisotopic (exact) mass is 463 g/mol. The Bertz CT molecular complexity index is 1200. The Kier molecular flexibility index (Phi) is 5.47. The number of carbonyl (C=O) groups excluding carboxylic acids is 3. The molecule has 0 spiro atoms. The SMILES string of the molecule is COc1cccc2[nH]c(C(=O)N[C@@H](CC3CC3)C(=O)N[C@@]3(C#N)C[C@H]4CNC(=O)[C@@H]4C3C)cc12. The van der Waals surface area contributed by atoms with Crippen LogP contribution in [0.3, 0.4) is 0 Å². The number of nitrogens with zero attached hydrogens (tertiary/aromatic N) is 1. The van der Waals surface area contributed by atoms with Crippen LogP contribution < -0.4 is 20.7 Å². The third-order valence-electron chi connectivity index (χ3n) is 7.77. The third kappa shape index (κ3) is 3.77. The lowest BCUT2D eigenvalue weighted by atomic mass is 9.84. The summed E-state index contributed by atoms with van der Waals surface area (Å²) >= 11 is 0. The Labute approximate surface area is 197 Å². The second-order valence-corrected chi connectivity index (χ2v) is 9.91. The minimum atomic E-state index is -1.12. The highest BCUT2D eigenvalue weighted by atomic mass is 16.5. The fourth-order valence-electron chi connectivity index (χ4n) is 5.66. The van der Waals surface area contributed by atoms with Crippen LogP contribution in [0.15, 0.2) is 24.3 Å². The van der Waals surface area contributed by atoms with Gasteiger partial charge in [0.05, 0.1) is 13.2 Å². The first-order chi connectivity index (χ1) is 16.3. The van der Waals surface area contributed by atoms with Crippen molar-refractivity contribution in [3.05, 3.63) is 30.0 Å². The van der Waals surface area contributed by atoms with E-state index in [-0.39, 0.29) is 35.5 Å². The van der Waals surface area contributed by atoms with Crippen LogP contribution in [0.2, 0.25) is 0 Å². The summed E-state index contributed by atoms with van der Waals surface area (Å²) in [5.41, 5.74) is -0.0187. The molecule has 3 fully saturated rings. The molecule has 9 nitrogen and oxygen atoms in total. The van der Waals surface area contributed by atoms with Gasteiger partial charge in [0.1, 0.15) is 23.0 Å². The first-order valence-corrected chi connectivity index (χ1v) is 11.8. The number of ether oxygens (including phenoxy) is 1. The van der Waals surface area contributed by atoms with Gasteiger partial charge in [0, 0.05) is 29.3 Å². The Morgan fingerprint density at radius 1 is 1.35 bits per heavy atom. The Morgan fingerprint density at radius 3 is 2.82 bits per heavy atom.